The van der Waals surface area contributed by atoms with Gasteiger partial charge in [0.15, 0.2) is 0 Å². The van der Waals surface area contributed by atoms with E-state index in [1.165, 1.54) is 82.2 Å². The van der Waals surface area contributed by atoms with Crippen molar-refractivity contribution in [2.45, 2.75) is 6.92 Å². The van der Waals surface area contributed by atoms with Crippen molar-refractivity contribution >= 4 is 93.1 Å². The minimum absolute atomic E-state index is 0. The smallest absolute Gasteiger partial charge is 0.870 e. The van der Waals surface area contributed by atoms with Crippen molar-refractivity contribution < 1.29 is 61.7 Å². The van der Waals surface area contributed by atoms with E-state index in [-0.39, 0.29) is 62.8 Å². The van der Waals surface area contributed by atoms with E-state index < -0.39 is 0 Å². The van der Waals surface area contributed by atoms with Crippen LogP contribution in [0.2, 0.25) is 0 Å². The molecule has 14 rings (SSSR count). The molecule has 10 aromatic carbocycles. The number of carbonyl (C=O) groups is 1. The number of fused-ring (bicyclic) bond motifs is 12. The van der Waals surface area contributed by atoms with Crippen LogP contribution in [0.25, 0.3) is 121 Å². The fourth-order valence-corrected chi connectivity index (χ4v) is 10.6. The van der Waals surface area contributed by atoms with Crippen molar-refractivity contribution in [3.63, 3.8) is 0 Å². The third-order valence-corrected chi connectivity index (χ3v) is 13.5. The molecule has 0 fully saturated rings. The van der Waals surface area contributed by atoms with Crippen molar-refractivity contribution in [3.05, 3.63) is 231 Å². The second-order valence-corrected chi connectivity index (χ2v) is 17.4. The van der Waals surface area contributed by atoms with Crippen LogP contribution in [0.3, 0.4) is 0 Å². The zero-order valence-corrected chi connectivity index (χ0v) is 41.3. The van der Waals surface area contributed by atoms with E-state index in [9.17, 15) is 4.79 Å². The van der Waals surface area contributed by atoms with Gasteiger partial charge in [0.1, 0.15) is 0 Å². The van der Waals surface area contributed by atoms with E-state index >= 15 is 0 Å². The van der Waals surface area contributed by atoms with E-state index in [4.69, 9.17) is 0 Å². The van der Waals surface area contributed by atoms with Crippen molar-refractivity contribution in [1.29, 1.82) is 0 Å². The molecular weight excluding hydrogens is 872 g/mol. The Labute approximate surface area is 440 Å². The van der Waals surface area contributed by atoms with Gasteiger partial charge in [-0.25, -0.2) is 0 Å². The van der Waals surface area contributed by atoms with Gasteiger partial charge < -0.3 is 19.6 Å². The Morgan fingerprint density at radius 1 is 0.333 bits per heavy atom. The number of hydrogen-bond donors (Lipinski definition) is 1. The molecule has 324 valence electrons. The maximum absolute atomic E-state index is 12.4. The maximum atomic E-state index is 12.4. The van der Waals surface area contributed by atoms with Crippen LogP contribution in [-0.2, 0) is 0 Å². The van der Waals surface area contributed by atoms with Gasteiger partial charge >= 0.3 is 51.4 Å². The summed E-state index contributed by atoms with van der Waals surface area (Å²) in [4.78, 5) is 16.0. The first-order chi connectivity index (χ1) is 33.1. The van der Waals surface area contributed by atoms with Crippen LogP contribution in [0.1, 0.15) is 11.7 Å². The summed E-state index contributed by atoms with van der Waals surface area (Å²) < 4.78 is 6.52. The molecule has 0 saturated heterocycles. The summed E-state index contributed by atoms with van der Waals surface area (Å²) in [6.07, 6.45) is 0. The van der Waals surface area contributed by atoms with Crippen LogP contribution in [0.15, 0.2) is 231 Å². The van der Waals surface area contributed by atoms with Crippen LogP contribution in [0, 0.1) is 0 Å². The minimum atomic E-state index is 0. The topological polar surface area (TPSA) is 77.7 Å². The Morgan fingerprint density at radius 3 is 1.19 bits per heavy atom. The van der Waals surface area contributed by atoms with Crippen molar-refractivity contribution in [2.24, 2.45) is 0 Å². The third kappa shape index (κ3) is 7.34. The number of para-hydroxylation sites is 6. The molecule has 4 aromatic heterocycles. The van der Waals surface area contributed by atoms with E-state index in [1.807, 2.05) is 22.8 Å². The molecule has 0 saturated carbocycles. The molecule has 7 heteroatoms. The van der Waals surface area contributed by atoms with Crippen molar-refractivity contribution in [1.82, 2.24) is 18.7 Å². The summed E-state index contributed by atoms with van der Waals surface area (Å²) in [5.41, 5.74) is 16.1. The number of aromatic amines is 1. The molecule has 0 spiro atoms. The maximum Gasteiger partial charge on any atom is 1.00 e. The first-order valence-corrected chi connectivity index (χ1v) is 22.8. The number of H-pyrrole nitrogens is 1. The molecule has 14 aromatic rings. The fraction of sp³-hybridized carbons (Fsp3) is 0.0161. The first-order valence-electron chi connectivity index (χ1n) is 22.8. The number of hydrogen-bond acceptors (Lipinski definition) is 2. The number of aromatic nitrogens is 4. The van der Waals surface area contributed by atoms with E-state index in [0.29, 0.717) is 0 Å². The van der Waals surface area contributed by atoms with Gasteiger partial charge in [-0.1, -0.05) is 146 Å². The van der Waals surface area contributed by atoms with Gasteiger partial charge in [0.05, 0.1) is 33.1 Å². The Balaban J connectivity index is 0.000000147. The van der Waals surface area contributed by atoms with Gasteiger partial charge in [0.25, 0.3) is 0 Å². The summed E-state index contributed by atoms with van der Waals surface area (Å²) in [5, 5.41) is 9.80. The molecule has 69 heavy (non-hydrogen) atoms. The molecule has 0 aliphatic heterocycles. The summed E-state index contributed by atoms with van der Waals surface area (Å²) in [7, 11) is 0. The molecule has 0 radical (unpaired) electrons. The van der Waals surface area contributed by atoms with Crippen molar-refractivity contribution in [2.75, 3.05) is 0 Å². The second-order valence-electron chi connectivity index (χ2n) is 17.4. The van der Waals surface area contributed by atoms with Gasteiger partial charge in [0.2, 0.25) is 5.91 Å². The Kier molecular flexibility index (Phi) is 11.5. The average molecular weight is 915 g/mol. The van der Waals surface area contributed by atoms with Crippen LogP contribution in [0.4, 0.5) is 0 Å². The molecule has 6 nitrogen and oxygen atoms in total. The molecule has 4 heterocycles. The summed E-state index contributed by atoms with van der Waals surface area (Å²) in [5.74, 6) is 0.0253. The Morgan fingerprint density at radius 2 is 0.696 bits per heavy atom. The predicted molar refractivity (Wildman–Crippen MR) is 283 cm³/mol. The second kappa shape index (κ2) is 18.0. The SMILES string of the molecule is CC(=O)n1c2ccccc2c2cc(-c3cccc(-n4c5ccccc5c5ccccc54)c3)ccc21.[K+].[OH-].c1cc(-c2ccc3[nH]c4ccccc4c3c2)cc(-n2c3ccccc3c3ccccc32)c1. The largest absolute Gasteiger partial charge is 1.00 e. The Hall–Kier alpha value is -7.33. The van der Waals surface area contributed by atoms with Crippen LogP contribution in [0.5, 0.6) is 0 Å². The zero-order chi connectivity index (χ0) is 44.6. The van der Waals surface area contributed by atoms with Gasteiger partial charge in [-0.3, -0.25) is 9.36 Å². The predicted octanol–water partition coefficient (Wildman–Crippen LogP) is 13.1. The molecule has 0 unspecified atom stereocenters. The summed E-state index contributed by atoms with van der Waals surface area (Å²) in [6.45, 7) is 1.62. The third-order valence-electron chi connectivity index (χ3n) is 13.5. The Bertz CT molecular complexity index is 4180. The monoisotopic (exact) mass is 914 g/mol. The number of rotatable bonds is 4. The summed E-state index contributed by atoms with van der Waals surface area (Å²) in [6, 6.07) is 81.7. The van der Waals surface area contributed by atoms with Crippen LogP contribution in [-0.4, -0.2) is 30.1 Å². The molecule has 0 amide bonds. The van der Waals surface area contributed by atoms with E-state index in [2.05, 4.69) is 226 Å². The van der Waals surface area contributed by atoms with Gasteiger partial charge in [-0.2, -0.15) is 0 Å². The van der Waals surface area contributed by atoms with Crippen molar-refractivity contribution in [3.8, 4) is 33.6 Å². The van der Waals surface area contributed by atoms with Crippen LogP contribution < -0.4 is 51.4 Å². The number of nitrogens with zero attached hydrogens (tertiary/aromatic N) is 3. The van der Waals surface area contributed by atoms with E-state index in [0.717, 1.165) is 38.6 Å². The fourth-order valence-electron chi connectivity index (χ4n) is 10.6. The molecule has 0 atom stereocenters. The van der Waals surface area contributed by atoms with E-state index in [1.54, 1.807) is 6.92 Å². The van der Waals surface area contributed by atoms with Crippen LogP contribution >= 0.6 is 0 Å². The molecule has 0 bridgehead atoms. The molecular formula is C62H43KN4O2. The molecule has 2 N–H and O–H groups in total. The normalized spacial score (nSPS) is 11.4. The standard InChI is InChI=1S/C32H22N2O.C30H20N2.K.H2O/c1-21(35)33-29-14-5-4-13-27(29)28-20-23(17-18-32(28)33)22-9-8-10-24(19-22)34-30-15-6-2-11-25(30)26-12-3-7-16-31(26)34;1-4-13-27-23(10-1)26-19-21(16-17-28(26)31-27)20-8-7-9-22(18-20)32-29-14-5-2-11-24(29)25-12-3-6-15-30(25)32;;/h2-20H,1H3;1-19,31H;;1H2/q;;+1;/p-1. The van der Waals surface area contributed by atoms with Gasteiger partial charge in [-0.05, 0) is 107 Å². The number of benzene rings is 10. The number of nitrogens with one attached hydrogen (secondary N) is 1. The quantitative estimate of drug-likeness (QED) is 0.179. The average Bonchev–Trinajstić information content (AvgIpc) is 4.13. The van der Waals surface area contributed by atoms with Gasteiger partial charge in [-0.15, -0.1) is 0 Å². The minimum Gasteiger partial charge on any atom is -0.870 e. The molecule has 0 aliphatic rings. The van der Waals surface area contributed by atoms with Gasteiger partial charge in [0, 0.05) is 72.4 Å². The number of carbonyl (C=O) groups excluding carboxylic acids is 1. The first kappa shape index (κ1) is 44.2. The zero-order valence-electron chi connectivity index (χ0n) is 38.1. The molecule has 0 aliphatic carbocycles. The summed E-state index contributed by atoms with van der Waals surface area (Å²) >= 11 is 0.